The van der Waals surface area contributed by atoms with E-state index in [-0.39, 0.29) is 17.9 Å². The molecule has 0 saturated carbocycles. The van der Waals surface area contributed by atoms with Gasteiger partial charge in [0.15, 0.2) is 11.7 Å². The SMILES string of the molecule is Cc1c(Cl)cccc1NC(=O)c1cc2n(n1)[C@H](C(F)(F)F)C[C@@H](c1ccc(Br)cc1)N2. The predicted octanol–water partition coefficient (Wildman–Crippen LogP) is 6.52. The molecule has 1 aliphatic rings. The lowest BCUT2D eigenvalue weighted by Crippen LogP contribution is -2.35. The number of amides is 1. The molecule has 1 aromatic heterocycles. The number of hydrogen-bond acceptors (Lipinski definition) is 3. The fraction of sp³-hybridized carbons (Fsp3) is 0.238. The van der Waals surface area contributed by atoms with Crippen LogP contribution in [-0.4, -0.2) is 21.9 Å². The number of carbonyl (C=O) groups excluding carboxylic acids is 1. The Bertz CT molecular complexity index is 1130. The molecular weight excluding hydrogens is 497 g/mol. The summed E-state index contributed by atoms with van der Waals surface area (Å²) in [5.41, 5.74) is 1.72. The van der Waals surface area contributed by atoms with Crippen LogP contribution in [0.3, 0.4) is 0 Å². The van der Waals surface area contributed by atoms with Crippen molar-refractivity contribution in [1.82, 2.24) is 9.78 Å². The zero-order valence-electron chi connectivity index (χ0n) is 16.2. The van der Waals surface area contributed by atoms with Crippen molar-refractivity contribution in [3.63, 3.8) is 0 Å². The van der Waals surface area contributed by atoms with Crippen molar-refractivity contribution in [3.05, 3.63) is 74.8 Å². The number of hydrogen-bond donors (Lipinski definition) is 2. The second-order valence-electron chi connectivity index (χ2n) is 7.27. The molecule has 31 heavy (non-hydrogen) atoms. The summed E-state index contributed by atoms with van der Waals surface area (Å²) in [4.78, 5) is 12.7. The van der Waals surface area contributed by atoms with Crippen LogP contribution in [0.25, 0.3) is 0 Å². The van der Waals surface area contributed by atoms with E-state index in [1.165, 1.54) is 6.07 Å². The summed E-state index contributed by atoms with van der Waals surface area (Å²) in [7, 11) is 0. The molecule has 1 aliphatic heterocycles. The second kappa shape index (κ2) is 8.20. The molecule has 0 fully saturated rings. The first-order chi connectivity index (χ1) is 14.6. The third kappa shape index (κ3) is 4.43. The van der Waals surface area contributed by atoms with Gasteiger partial charge in [0.2, 0.25) is 0 Å². The average molecular weight is 514 g/mol. The molecule has 0 unspecified atom stereocenters. The van der Waals surface area contributed by atoms with E-state index < -0.39 is 24.2 Å². The van der Waals surface area contributed by atoms with Gasteiger partial charge in [0.1, 0.15) is 5.82 Å². The van der Waals surface area contributed by atoms with E-state index in [4.69, 9.17) is 11.6 Å². The van der Waals surface area contributed by atoms with E-state index in [1.54, 1.807) is 49.4 Å². The molecule has 10 heteroatoms. The van der Waals surface area contributed by atoms with E-state index >= 15 is 0 Å². The Balaban J connectivity index is 1.65. The molecule has 0 saturated heterocycles. The maximum atomic E-state index is 13.8. The maximum Gasteiger partial charge on any atom is 0.410 e. The standard InChI is InChI=1S/C21H17BrClF3N4O/c1-11-14(23)3-2-4-15(11)28-20(31)17-10-19-27-16(12-5-7-13(22)8-6-12)9-18(21(24,25)26)30(19)29-17/h2-8,10,16,18,27H,9H2,1H3,(H,28,31)/t16-,18-/m0/s1. The smallest absolute Gasteiger partial charge is 0.363 e. The number of aromatic nitrogens is 2. The van der Waals surface area contributed by atoms with Crippen LogP contribution in [0.1, 0.15) is 40.1 Å². The zero-order chi connectivity index (χ0) is 22.3. The Morgan fingerprint density at radius 2 is 1.97 bits per heavy atom. The number of anilines is 2. The summed E-state index contributed by atoms with van der Waals surface area (Å²) >= 11 is 9.40. The molecule has 2 atom stereocenters. The Kier molecular flexibility index (Phi) is 5.74. The number of benzene rings is 2. The third-order valence-corrected chi connectivity index (χ3v) is 6.15. The molecule has 4 rings (SSSR count). The maximum absolute atomic E-state index is 13.8. The van der Waals surface area contributed by atoms with E-state index in [0.717, 1.165) is 9.15 Å². The average Bonchev–Trinajstić information content (AvgIpc) is 3.14. The fourth-order valence-corrected chi connectivity index (χ4v) is 3.97. The molecule has 2 heterocycles. The molecule has 0 bridgehead atoms. The summed E-state index contributed by atoms with van der Waals surface area (Å²) in [6.07, 6.45) is -4.76. The third-order valence-electron chi connectivity index (χ3n) is 5.21. The topological polar surface area (TPSA) is 59.0 Å². The number of carbonyl (C=O) groups is 1. The Labute approximate surface area is 189 Å². The normalized spacial score (nSPS) is 18.3. The highest BCUT2D eigenvalue weighted by Crippen LogP contribution is 2.43. The van der Waals surface area contributed by atoms with E-state index in [9.17, 15) is 18.0 Å². The van der Waals surface area contributed by atoms with Gasteiger partial charge in [-0.05, 0) is 42.3 Å². The van der Waals surface area contributed by atoms with E-state index in [0.29, 0.717) is 21.8 Å². The van der Waals surface area contributed by atoms with Gasteiger partial charge in [0.25, 0.3) is 5.91 Å². The number of halogens is 5. The van der Waals surface area contributed by atoms with Crippen molar-refractivity contribution < 1.29 is 18.0 Å². The quantitative estimate of drug-likeness (QED) is 0.419. The molecular formula is C21H17BrClF3N4O. The molecule has 0 radical (unpaired) electrons. The molecule has 5 nitrogen and oxygen atoms in total. The highest BCUT2D eigenvalue weighted by molar-refractivity contribution is 9.10. The minimum atomic E-state index is -4.52. The number of nitrogens with one attached hydrogen (secondary N) is 2. The number of rotatable bonds is 3. The minimum absolute atomic E-state index is 0.118. The number of nitrogens with zero attached hydrogens (tertiary/aromatic N) is 2. The molecule has 2 N–H and O–H groups in total. The van der Waals surface area contributed by atoms with Crippen LogP contribution >= 0.6 is 27.5 Å². The van der Waals surface area contributed by atoms with Crippen molar-refractivity contribution in [2.75, 3.05) is 10.6 Å². The molecule has 0 aliphatic carbocycles. The second-order valence-corrected chi connectivity index (χ2v) is 8.59. The Hall–Kier alpha value is -2.52. The van der Waals surface area contributed by atoms with Crippen molar-refractivity contribution in [2.24, 2.45) is 0 Å². The largest absolute Gasteiger partial charge is 0.410 e. The summed E-state index contributed by atoms with van der Waals surface area (Å²) < 4.78 is 43.1. The van der Waals surface area contributed by atoms with Crippen LogP contribution < -0.4 is 10.6 Å². The first kappa shape index (κ1) is 21.7. The van der Waals surface area contributed by atoms with Crippen LogP contribution in [0.2, 0.25) is 5.02 Å². The Morgan fingerprint density at radius 1 is 1.26 bits per heavy atom. The monoisotopic (exact) mass is 512 g/mol. The van der Waals surface area contributed by atoms with E-state index in [2.05, 4.69) is 31.7 Å². The van der Waals surface area contributed by atoms with Gasteiger partial charge in [0, 0.05) is 27.7 Å². The predicted molar refractivity (Wildman–Crippen MR) is 117 cm³/mol. The van der Waals surface area contributed by atoms with Crippen LogP contribution in [0.5, 0.6) is 0 Å². The zero-order valence-corrected chi connectivity index (χ0v) is 18.5. The highest BCUT2D eigenvalue weighted by atomic mass is 79.9. The van der Waals surface area contributed by atoms with Gasteiger partial charge in [-0.25, -0.2) is 4.68 Å². The van der Waals surface area contributed by atoms with Crippen molar-refractivity contribution in [3.8, 4) is 0 Å². The van der Waals surface area contributed by atoms with Gasteiger partial charge in [-0.15, -0.1) is 0 Å². The van der Waals surface area contributed by atoms with Crippen LogP contribution in [-0.2, 0) is 0 Å². The Morgan fingerprint density at radius 3 is 2.65 bits per heavy atom. The molecule has 1 amide bonds. The lowest BCUT2D eigenvalue weighted by molar-refractivity contribution is -0.173. The van der Waals surface area contributed by atoms with Gasteiger partial charge >= 0.3 is 6.18 Å². The fourth-order valence-electron chi connectivity index (χ4n) is 3.53. The summed E-state index contributed by atoms with van der Waals surface area (Å²) in [5.74, 6) is -0.482. The van der Waals surface area contributed by atoms with Crippen molar-refractivity contribution in [2.45, 2.75) is 31.6 Å². The lowest BCUT2D eigenvalue weighted by atomic mass is 9.97. The van der Waals surface area contributed by atoms with Crippen LogP contribution in [0, 0.1) is 6.92 Å². The first-order valence-electron chi connectivity index (χ1n) is 9.38. The van der Waals surface area contributed by atoms with Gasteiger partial charge in [-0.2, -0.15) is 18.3 Å². The number of alkyl halides is 3. The summed E-state index contributed by atoms with van der Waals surface area (Å²) in [5, 5.41) is 10.2. The van der Waals surface area contributed by atoms with Crippen LogP contribution in [0.15, 0.2) is 53.0 Å². The molecule has 2 aromatic carbocycles. The van der Waals surface area contributed by atoms with Gasteiger partial charge in [0.05, 0.1) is 6.04 Å². The molecule has 0 spiro atoms. The first-order valence-corrected chi connectivity index (χ1v) is 10.6. The van der Waals surface area contributed by atoms with Gasteiger partial charge in [-0.1, -0.05) is 45.7 Å². The number of fused-ring (bicyclic) bond motifs is 1. The van der Waals surface area contributed by atoms with E-state index in [1.807, 2.05) is 0 Å². The summed E-state index contributed by atoms with van der Waals surface area (Å²) in [6, 6.07) is 11.0. The molecule has 162 valence electrons. The highest BCUT2D eigenvalue weighted by Gasteiger charge is 2.46. The van der Waals surface area contributed by atoms with Crippen molar-refractivity contribution in [1.29, 1.82) is 0 Å². The molecule has 3 aromatic rings. The van der Waals surface area contributed by atoms with Crippen molar-refractivity contribution >= 4 is 44.9 Å². The lowest BCUT2D eigenvalue weighted by Gasteiger charge is -2.33. The summed E-state index contributed by atoms with van der Waals surface area (Å²) in [6.45, 7) is 1.74. The van der Waals surface area contributed by atoms with Crippen LogP contribution in [0.4, 0.5) is 24.7 Å². The minimum Gasteiger partial charge on any atom is -0.363 e. The van der Waals surface area contributed by atoms with Gasteiger partial charge < -0.3 is 10.6 Å². The van der Waals surface area contributed by atoms with Gasteiger partial charge in [-0.3, -0.25) is 4.79 Å².